The highest BCUT2D eigenvalue weighted by atomic mass is 16.5. The minimum Gasteiger partial charge on any atom is -0.488 e. The number of aromatic nitrogens is 1. The summed E-state index contributed by atoms with van der Waals surface area (Å²) in [5, 5.41) is 9.78. The van der Waals surface area contributed by atoms with E-state index in [4.69, 9.17) is 4.74 Å². The molecule has 4 nitrogen and oxygen atoms in total. The molecule has 1 heterocycles. The third-order valence-electron chi connectivity index (χ3n) is 6.95. The van der Waals surface area contributed by atoms with Crippen LogP contribution in [0.4, 0.5) is 0 Å². The van der Waals surface area contributed by atoms with Crippen LogP contribution in [0.3, 0.4) is 0 Å². The number of unbranched alkanes of at least 4 members (excludes halogenated alkanes) is 10. The van der Waals surface area contributed by atoms with E-state index >= 15 is 0 Å². The predicted octanol–water partition coefficient (Wildman–Crippen LogP) is 7.89. The van der Waals surface area contributed by atoms with Crippen molar-refractivity contribution in [3.8, 4) is 5.75 Å². The van der Waals surface area contributed by atoms with Gasteiger partial charge in [-0.25, -0.2) is 0 Å². The zero-order valence-electron chi connectivity index (χ0n) is 22.4. The Morgan fingerprint density at radius 2 is 1.40 bits per heavy atom. The number of nitrogens with zero attached hydrogens (tertiary/aromatic N) is 1. The van der Waals surface area contributed by atoms with E-state index < -0.39 is 0 Å². The van der Waals surface area contributed by atoms with E-state index in [1.165, 1.54) is 96.0 Å². The lowest BCUT2D eigenvalue weighted by Crippen LogP contribution is -2.19. The summed E-state index contributed by atoms with van der Waals surface area (Å²) in [7, 11) is 0. The standard InChI is InChI=1S/C31H49NO3/c1-3-5-7-9-11-14-20-28(21-15-12-10-8-6-4-2)26-35-31-24-32(29(25-33)22-30(31)34)23-27-18-16-13-17-19-27/h13,16-19,22,24,28,33H,3-12,14-15,20-21,23,25-26H2,1-2H3. The highest BCUT2D eigenvalue weighted by Gasteiger charge is 2.13. The molecule has 0 atom stereocenters. The molecule has 0 saturated heterocycles. The highest BCUT2D eigenvalue weighted by molar-refractivity contribution is 5.24. The van der Waals surface area contributed by atoms with Crippen LogP contribution in [0.15, 0.2) is 47.4 Å². The first-order valence-electron chi connectivity index (χ1n) is 14.2. The Balaban J connectivity index is 1.96. The summed E-state index contributed by atoms with van der Waals surface area (Å²) in [5.74, 6) is 0.890. The summed E-state index contributed by atoms with van der Waals surface area (Å²) in [5.41, 5.74) is 1.60. The van der Waals surface area contributed by atoms with Gasteiger partial charge in [0.2, 0.25) is 5.43 Å². The highest BCUT2D eigenvalue weighted by Crippen LogP contribution is 2.21. The maximum Gasteiger partial charge on any atom is 0.223 e. The topological polar surface area (TPSA) is 51.5 Å². The van der Waals surface area contributed by atoms with Crippen molar-refractivity contribution in [3.05, 3.63) is 64.1 Å². The quantitative estimate of drug-likeness (QED) is 0.195. The van der Waals surface area contributed by atoms with Crippen LogP contribution in [0.1, 0.15) is 115 Å². The van der Waals surface area contributed by atoms with Crippen molar-refractivity contribution < 1.29 is 9.84 Å². The lowest BCUT2D eigenvalue weighted by atomic mass is 9.94. The first kappa shape index (κ1) is 29.2. The number of hydrogen-bond donors (Lipinski definition) is 1. The molecule has 4 heteroatoms. The van der Waals surface area contributed by atoms with Gasteiger partial charge >= 0.3 is 0 Å². The van der Waals surface area contributed by atoms with Gasteiger partial charge in [0.15, 0.2) is 5.75 Å². The van der Waals surface area contributed by atoms with Crippen LogP contribution in [0.2, 0.25) is 0 Å². The number of hydrogen-bond acceptors (Lipinski definition) is 3. The zero-order chi connectivity index (χ0) is 25.1. The summed E-state index contributed by atoms with van der Waals surface area (Å²) in [6.45, 7) is 5.56. The first-order chi connectivity index (χ1) is 17.2. The summed E-state index contributed by atoms with van der Waals surface area (Å²) in [4.78, 5) is 12.7. The predicted molar refractivity (Wildman–Crippen MR) is 147 cm³/mol. The van der Waals surface area contributed by atoms with Crippen molar-refractivity contribution in [3.63, 3.8) is 0 Å². The molecule has 0 unspecified atom stereocenters. The maximum atomic E-state index is 12.7. The molecule has 2 aromatic rings. The Morgan fingerprint density at radius 3 is 1.97 bits per heavy atom. The second kappa shape index (κ2) is 18.2. The number of rotatable bonds is 20. The molecule has 0 amide bonds. The number of aliphatic hydroxyl groups is 1. The van der Waals surface area contributed by atoms with Gasteiger partial charge < -0.3 is 14.4 Å². The van der Waals surface area contributed by atoms with E-state index in [9.17, 15) is 9.90 Å². The second-order valence-electron chi connectivity index (χ2n) is 10.1. The molecule has 0 radical (unpaired) electrons. The summed E-state index contributed by atoms with van der Waals surface area (Å²) < 4.78 is 8.09. The SMILES string of the molecule is CCCCCCCCC(CCCCCCCC)COc1cn(Cc2ccccc2)c(CO)cc1=O. The third-order valence-corrected chi connectivity index (χ3v) is 6.95. The minimum absolute atomic E-state index is 0.142. The number of pyridine rings is 1. The summed E-state index contributed by atoms with van der Waals surface area (Å²) in [6.07, 6.45) is 19.8. The van der Waals surface area contributed by atoms with Gasteiger partial charge in [0, 0.05) is 18.3 Å². The Morgan fingerprint density at radius 1 is 0.829 bits per heavy atom. The zero-order valence-corrected chi connectivity index (χ0v) is 22.4. The maximum absolute atomic E-state index is 12.7. The Hall–Kier alpha value is -2.07. The van der Waals surface area contributed by atoms with Crippen LogP contribution < -0.4 is 10.2 Å². The summed E-state index contributed by atoms with van der Waals surface area (Å²) >= 11 is 0. The van der Waals surface area contributed by atoms with Crippen molar-refractivity contribution >= 4 is 0 Å². The van der Waals surface area contributed by atoms with E-state index in [1.54, 1.807) is 6.20 Å². The molecule has 0 bridgehead atoms. The van der Waals surface area contributed by atoms with Crippen molar-refractivity contribution in [2.24, 2.45) is 5.92 Å². The summed E-state index contributed by atoms with van der Waals surface area (Å²) in [6, 6.07) is 11.6. The number of ether oxygens (including phenoxy) is 1. The molecule has 0 saturated carbocycles. The van der Waals surface area contributed by atoms with E-state index in [1.807, 2.05) is 22.8 Å². The van der Waals surface area contributed by atoms with Gasteiger partial charge in [-0.3, -0.25) is 4.79 Å². The Bertz CT molecular complexity index is 830. The Labute approximate surface area is 213 Å². The molecule has 35 heavy (non-hydrogen) atoms. The number of benzene rings is 1. The average Bonchev–Trinajstić information content (AvgIpc) is 2.88. The van der Waals surface area contributed by atoms with Crippen LogP contribution in [-0.2, 0) is 13.2 Å². The van der Waals surface area contributed by atoms with Gasteiger partial charge in [-0.15, -0.1) is 0 Å². The normalized spacial score (nSPS) is 11.3. The molecule has 0 spiro atoms. The fourth-order valence-electron chi connectivity index (χ4n) is 4.71. The van der Waals surface area contributed by atoms with Gasteiger partial charge in [0.25, 0.3) is 0 Å². The van der Waals surface area contributed by atoms with E-state index in [-0.39, 0.29) is 12.0 Å². The molecule has 0 aliphatic rings. The van der Waals surface area contributed by atoms with Gasteiger partial charge in [-0.2, -0.15) is 0 Å². The fraction of sp³-hybridized carbons (Fsp3) is 0.645. The molecule has 1 N–H and O–H groups in total. The van der Waals surface area contributed by atoms with Gasteiger partial charge in [0.1, 0.15) is 0 Å². The van der Waals surface area contributed by atoms with E-state index in [0.29, 0.717) is 30.5 Å². The van der Waals surface area contributed by atoms with Gasteiger partial charge in [-0.1, -0.05) is 121 Å². The molecular weight excluding hydrogens is 434 g/mol. The third kappa shape index (κ3) is 11.9. The molecule has 0 fully saturated rings. The van der Waals surface area contributed by atoms with E-state index in [0.717, 1.165) is 5.56 Å². The van der Waals surface area contributed by atoms with Crippen molar-refractivity contribution in [1.82, 2.24) is 4.57 Å². The van der Waals surface area contributed by atoms with Crippen LogP contribution in [0.5, 0.6) is 5.75 Å². The Kier molecular flexibility index (Phi) is 15.2. The fourth-order valence-corrected chi connectivity index (χ4v) is 4.71. The van der Waals surface area contributed by atoms with Gasteiger partial charge in [0.05, 0.1) is 19.4 Å². The van der Waals surface area contributed by atoms with E-state index in [2.05, 4.69) is 26.0 Å². The molecule has 0 aliphatic carbocycles. The van der Waals surface area contributed by atoms with Crippen LogP contribution >= 0.6 is 0 Å². The first-order valence-corrected chi connectivity index (χ1v) is 14.2. The molecule has 0 aliphatic heterocycles. The van der Waals surface area contributed by atoms with Crippen LogP contribution in [0, 0.1) is 5.92 Å². The lowest BCUT2D eigenvalue weighted by molar-refractivity contribution is 0.220. The van der Waals surface area contributed by atoms with Crippen molar-refractivity contribution in [1.29, 1.82) is 0 Å². The van der Waals surface area contributed by atoms with Crippen LogP contribution in [0.25, 0.3) is 0 Å². The van der Waals surface area contributed by atoms with Crippen molar-refractivity contribution in [2.75, 3.05) is 6.61 Å². The smallest absolute Gasteiger partial charge is 0.223 e. The molecule has 196 valence electrons. The molecule has 1 aromatic heterocycles. The number of aliphatic hydroxyl groups excluding tert-OH is 1. The molecule has 2 rings (SSSR count). The lowest BCUT2D eigenvalue weighted by Gasteiger charge is -2.19. The van der Waals surface area contributed by atoms with Gasteiger partial charge in [-0.05, 0) is 24.3 Å². The largest absolute Gasteiger partial charge is 0.488 e. The molecule has 1 aromatic carbocycles. The van der Waals surface area contributed by atoms with Crippen LogP contribution in [-0.4, -0.2) is 16.3 Å². The monoisotopic (exact) mass is 483 g/mol. The molecular formula is C31H49NO3. The average molecular weight is 484 g/mol. The van der Waals surface area contributed by atoms with Crippen molar-refractivity contribution in [2.45, 2.75) is 117 Å². The minimum atomic E-state index is -0.166. The second-order valence-corrected chi connectivity index (χ2v) is 10.1.